The van der Waals surface area contributed by atoms with E-state index >= 15 is 0 Å². The van der Waals surface area contributed by atoms with Crippen molar-refractivity contribution in [2.45, 2.75) is 27.4 Å². The minimum Gasteiger partial charge on any atom is -0.488 e. The van der Waals surface area contributed by atoms with Crippen molar-refractivity contribution < 1.29 is 9.13 Å². The number of rotatable bonds is 4. The topological polar surface area (TPSA) is 61.9 Å². The summed E-state index contributed by atoms with van der Waals surface area (Å²) in [6.07, 6.45) is 0. The standard InChI is InChI=1S/C18H19FN4O2/c1-11-8-13(3)17(9-12(11)2)25-10-14-15(19)6-5-7-16(14)23-18(24)22(4)20-21-23/h5-9H,10H2,1-4H3. The Morgan fingerprint density at radius 2 is 1.80 bits per heavy atom. The van der Waals surface area contributed by atoms with Crippen LogP contribution in [0.15, 0.2) is 35.1 Å². The fraction of sp³-hybridized carbons (Fsp3) is 0.278. The number of hydrogen-bond acceptors (Lipinski definition) is 4. The van der Waals surface area contributed by atoms with Crippen LogP contribution in [-0.2, 0) is 13.7 Å². The van der Waals surface area contributed by atoms with Gasteiger partial charge in [0.15, 0.2) is 0 Å². The van der Waals surface area contributed by atoms with Crippen LogP contribution < -0.4 is 10.4 Å². The van der Waals surface area contributed by atoms with Crippen molar-refractivity contribution in [1.82, 2.24) is 19.8 Å². The number of benzene rings is 2. The van der Waals surface area contributed by atoms with Gasteiger partial charge in [0.05, 0.1) is 11.3 Å². The van der Waals surface area contributed by atoms with E-state index in [1.54, 1.807) is 6.07 Å². The fourth-order valence-electron chi connectivity index (χ4n) is 2.59. The molecule has 0 unspecified atom stereocenters. The summed E-state index contributed by atoms with van der Waals surface area (Å²) in [6, 6.07) is 8.43. The highest BCUT2D eigenvalue weighted by atomic mass is 19.1. The number of hydrogen-bond donors (Lipinski definition) is 0. The highest BCUT2D eigenvalue weighted by Crippen LogP contribution is 2.25. The van der Waals surface area contributed by atoms with Gasteiger partial charge in [-0.15, -0.1) is 0 Å². The molecule has 0 amide bonds. The zero-order valence-electron chi connectivity index (χ0n) is 14.6. The van der Waals surface area contributed by atoms with E-state index in [0.29, 0.717) is 11.4 Å². The summed E-state index contributed by atoms with van der Waals surface area (Å²) in [4.78, 5) is 12.1. The number of aromatic nitrogens is 4. The van der Waals surface area contributed by atoms with Crippen molar-refractivity contribution in [3.8, 4) is 11.4 Å². The van der Waals surface area contributed by atoms with E-state index < -0.39 is 11.5 Å². The molecule has 0 aliphatic carbocycles. The molecule has 2 aromatic carbocycles. The second-order valence-corrected chi connectivity index (χ2v) is 6.03. The van der Waals surface area contributed by atoms with Crippen molar-refractivity contribution in [2.24, 2.45) is 7.05 Å². The number of aryl methyl sites for hydroxylation is 4. The van der Waals surface area contributed by atoms with Gasteiger partial charge in [0.1, 0.15) is 18.2 Å². The average Bonchev–Trinajstić information content (AvgIpc) is 2.90. The highest BCUT2D eigenvalue weighted by Gasteiger charge is 2.16. The van der Waals surface area contributed by atoms with E-state index in [2.05, 4.69) is 10.4 Å². The van der Waals surface area contributed by atoms with E-state index in [0.717, 1.165) is 20.5 Å². The molecule has 0 aliphatic rings. The van der Waals surface area contributed by atoms with Gasteiger partial charge in [0.2, 0.25) is 0 Å². The average molecular weight is 342 g/mol. The molecule has 0 atom stereocenters. The summed E-state index contributed by atoms with van der Waals surface area (Å²) in [6.45, 7) is 5.95. The summed E-state index contributed by atoms with van der Waals surface area (Å²) >= 11 is 0. The maximum Gasteiger partial charge on any atom is 0.368 e. The molecule has 0 fully saturated rings. The third kappa shape index (κ3) is 3.17. The van der Waals surface area contributed by atoms with Gasteiger partial charge in [0.25, 0.3) is 0 Å². The SMILES string of the molecule is Cc1cc(C)c(OCc2c(F)cccc2-n2nnn(C)c2=O)cc1C. The van der Waals surface area contributed by atoms with E-state index in [4.69, 9.17) is 4.74 Å². The quantitative estimate of drug-likeness (QED) is 0.731. The lowest BCUT2D eigenvalue weighted by Crippen LogP contribution is -2.23. The molecular formula is C18H19FN4O2. The molecule has 6 nitrogen and oxygen atoms in total. The normalized spacial score (nSPS) is 10.9. The largest absolute Gasteiger partial charge is 0.488 e. The van der Waals surface area contributed by atoms with Crippen LogP contribution in [0.25, 0.3) is 5.69 Å². The van der Waals surface area contributed by atoms with Crippen LogP contribution in [0.2, 0.25) is 0 Å². The predicted octanol–water partition coefficient (Wildman–Crippen LogP) is 2.61. The Bertz CT molecular complexity index is 991. The van der Waals surface area contributed by atoms with Crippen LogP contribution in [0.5, 0.6) is 5.75 Å². The first kappa shape index (κ1) is 16.9. The molecule has 1 heterocycles. The number of nitrogens with zero attached hydrogens (tertiary/aromatic N) is 4. The Labute approximate surface area is 144 Å². The molecule has 25 heavy (non-hydrogen) atoms. The summed E-state index contributed by atoms with van der Waals surface area (Å²) < 4.78 is 22.4. The molecular weight excluding hydrogens is 323 g/mol. The molecule has 0 saturated heterocycles. The first-order valence-corrected chi connectivity index (χ1v) is 7.86. The van der Waals surface area contributed by atoms with Gasteiger partial charge < -0.3 is 4.74 Å². The van der Waals surface area contributed by atoms with Gasteiger partial charge in [-0.2, -0.15) is 9.36 Å². The van der Waals surface area contributed by atoms with Crippen molar-refractivity contribution in [3.05, 3.63) is 68.9 Å². The van der Waals surface area contributed by atoms with Crippen molar-refractivity contribution in [1.29, 1.82) is 0 Å². The van der Waals surface area contributed by atoms with Crippen molar-refractivity contribution in [2.75, 3.05) is 0 Å². The Hall–Kier alpha value is -2.96. The highest BCUT2D eigenvalue weighted by molar-refractivity contribution is 5.43. The van der Waals surface area contributed by atoms with Crippen molar-refractivity contribution >= 4 is 0 Å². The Morgan fingerprint density at radius 1 is 1.08 bits per heavy atom. The summed E-state index contributed by atoms with van der Waals surface area (Å²) in [5, 5.41) is 7.45. The van der Waals surface area contributed by atoms with Gasteiger partial charge in [0, 0.05) is 7.05 Å². The van der Waals surface area contributed by atoms with E-state index in [9.17, 15) is 9.18 Å². The molecule has 0 radical (unpaired) electrons. The zero-order valence-corrected chi connectivity index (χ0v) is 14.6. The number of tetrazole rings is 1. The second-order valence-electron chi connectivity index (χ2n) is 6.03. The van der Waals surface area contributed by atoms with Gasteiger partial charge >= 0.3 is 5.69 Å². The maximum atomic E-state index is 14.4. The molecule has 0 bridgehead atoms. The van der Waals surface area contributed by atoms with Gasteiger partial charge in [-0.1, -0.05) is 12.1 Å². The lowest BCUT2D eigenvalue weighted by molar-refractivity contribution is 0.297. The van der Waals surface area contributed by atoms with E-state index in [1.807, 2.05) is 32.9 Å². The molecule has 0 saturated carbocycles. The first-order chi connectivity index (χ1) is 11.9. The Morgan fingerprint density at radius 3 is 2.48 bits per heavy atom. The molecule has 0 spiro atoms. The summed E-state index contributed by atoms with van der Waals surface area (Å²) in [5.74, 6) is 0.223. The molecule has 3 rings (SSSR count). The zero-order chi connectivity index (χ0) is 18.1. The smallest absolute Gasteiger partial charge is 0.368 e. The summed E-state index contributed by atoms with van der Waals surface area (Å²) in [7, 11) is 1.49. The van der Waals surface area contributed by atoms with Crippen LogP contribution in [-0.4, -0.2) is 19.8 Å². The minimum atomic E-state index is -0.462. The van der Waals surface area contributed by atoms with E-state index in [-0.39, 0.29) is 12.2 Å². The predicted molar refractivity (Wildman–Crippen MR) is 91.5 cm³/mol. The van der Waals surface area contributed by atoms with Crippen LogP contribution in [0.4, 0.5) is 4.39 Å². The molecule has 0 aliphatic heterocycles. The maximum absolute atomic E-state index is 14.4. The molecule has 1 aromatic heterocycles. The lowest BCUT2D eigenvalue weighted by atomic mass is 10.1. The van der Waals surface area contributed by atoms with Gasteiger partial charge in [-0.25, -0.2) is 9.18 Å². The third-order valence-electron chi connectivity index (χ3n) is 4.21. The Balaban J connectivity index is 1.97. The van der Waals surface area contributed by atoms with E-state index in [1.165, 1.54) is 24.7 Å². The molecule has 130 valence electrons. The number of ether oxygens (including phenoxy) is 1. The van der Waals surface area contributed by atoms with Gasteiger partial charge in [-0.3, -0.25) is 0 Å². The van der Waals surface area contributed by atoms with Crippen LogP contribution in [0.1, 0.15) is 22.3 Å². The molecule has 3 aromatic rings. The molecule has 7 heteroatoms. The molecule has 0 N–H and O–H groups in total. The third-order valence-corrected chi connectivity index (χ3v) is 4.21. The van der Waals surface area contributed by atoms with Gasteiger partial charge in [-0.05, 0) is 66.1 Å². The van der Waals surface area contributed by atoms with Crippen LogP contribution in [0, 0.1) is 26.6 Å². The monoisotopic (exact) mass is 342 g/mol. The van der Waals surface area contributed by atoms with Crippen LogP contribution in [0.3, 0.4) is 0 Å². The fourth-order valence-corrected chi connectivity index (χ4v) is 2.59. The number of halogens is 1. The first-order valence-electron chi connectivity index (χ1n) is 7.86. The minimum absolute atomic E-state index is 0.0195. The van der Waals surface area contributed by atoms with Crippen molar-refractivity contribution in [3.63, 3.8) is 0 Å². The Kier molecular flexibility index (Phi) is 4.39. The lowest BCUT2D eigenvalue weighted by Gasteiger charge is -2.14. The van der Waals surface area contributed by atoms with Crippen LogP contribution >= 0.6 is 0 Å². The second kappa shape index (κ2) is 6.51. The summed E-state index contributed by atoms with van der Waals surface area (Å²) in [5.41, 5.74) is 3.36.